The van der Waals surface area contributed by atoms with Crippen LogP contribution in [0, 0.1) is 16.2 Å². The van der Waals surface area contributed by atoms with Crippen LogP contribution in [0.15, 0.2) is 11.8 Å². The first-order chi connectivity index (χ1) is 15.9. The van der Waals surface area contributed by atoms with E-state index in [1.54, 1.807) is 4.90 Å². The second-order valence-electron chi connectivity index (χ2n) is 13.6. The molecule has 0 spiro atoms. The lowest BCUT2D eigenvalue weighted by Crippen LogP contribution is -2.58. The highest BCUT2D eigenvalue weighted by atomic mass is 16.6. The molecule has 198 valence electrons. The Morgan fingerprint density at radius 2 is 1.51 bits per heavy atom. The largest absolute Gasteiger partial charge is 0.444 e. The van der Waals surface area contributed by atoms with E-state index < -0.39 is 16.6 Å². The standard InChI is InChI=1S/C27H46N4O4/c1-23(2,3)34-21(32)30-27-12-9-26(10-13-27,11-14-27)17-29-15-19-16-31(18-25(7,8)20(19)28)22(33)35-24(4,5)6/h15,28-29H,9-14,16-18H2,1-8H3,(H,30,32)/b19-15-,28-20?. The van der Waals surface area contributed by atoms with E-state index in [2.05, 4.69) is 10.6 Å². The number of carbonyl (C=O) groups is 2. The molecule has 8 heteroatoms. The predicted octanol–water partition coefficient (Wildman–Crippen LogP) is 5.37. The van der Waals surface area contributed by atoms with Gasteiger partial charge in [0.25, 0.3) is 0 Å². The van der Waals surface area contributed by atoms with Gasteiger partial charge in [-0.05, 0) is 85.5 Å². The minimum Gasteiger partial charge on any atom is -0.444 e. The summed E-state index contributed by atoms with van der Waals surface area (Å²) in [5, 5.41) is 15.4. The molecule has 3 N–H and O–H groups in total. The number of alkyl carbamates (subject to hydrolysis) is 1. The number of rotatable bonds is 4. The monoisotopic (exact) mass is 490 g/mol. The Morgan fingerprint density at radius 3 is 2.03 bits per heavy atom. The Kier molecular flexibility index (Phi) is 7.28. The maximum atomic E-state index is 12.7. The van der Waals surface area contributed by atoms with Gasteiger partial charge in [-0.25, -0.2) is 9.59 Å². The molecule has 1 heterocycles. The first-order valence-corrected chi connectivity index (χ1v) is 12.9. The Hall–Kier alpha value is -2.25. The first kappa shape index (κ1) is 27.3. The van der Waals surface area contributed by atoms with Crippen LogP contribution in [0.2, 0.25) is 0 Å². The molecule has 3 saturated carbocycles. The van der Waals surface area contributed by atoms with Gasteiger partial charge in [0.15, 0.2) is 0 Å². The lowest BCUT2D eigenvalue weighted by molar-refractivity contribution is 0.00595. The average Bonchev–Trinajstić information content (AvgIpc) is 2.69. The van der Waals surface area contributed by atoms with E-state index in [4.69, 9.17) is 14.9 Å². The second-order valence-corrected chi connectivity index (χ2v) is 13.6. The van der Waals surface area contributed by atoms with Gasteiger partial charge < -0.3 is 30.4 Å². The zero-order valence-electron chi connectivity index (χ0n) is 23.0. The highest BCUT2D eigenvalue weighted by Gasteiger charge is 2.49. The van der Waals surface area contributed by atoms with Crippen molar-refractivity contribution in [2.24, 2.45) is 10.8 Å². The number of nitrogens with zero attached hydrogens (tertiary/aromatic N) is 1. The van der Waals surface area contributed by atoms with Crippen LogP contribution in [0.5, 0.6) is 0 Å². The first-order valence-electron chi connectivity index (χ1n) is 12.9. The third kappa shape index (κ3) is 6.91. The van der Waals surface area contributed by atoms with Crippen molar-refractivity contribution >= 4 is 17.9 Å². The van der Waals surface area contributed by atoms with Crippen molar-refractivity contribution in [3.8, 4) is 0 Å². The Bertz CT molecular complexity index is 854. The molecular weight excluding hydrogens is 444 g/mol. The van der Waals surface area contributed by atoms with Crippen LogP contribution in [0.3, 0.4) is 0 Å². The van der Waals surface area contributed by atoms with Crippen molar-refractivity contribution in [2.75, 3.05) is 19.6 Å². The van der Waals surface area contributed by atoms with E-state index in [9.17, 15) is 9.59 Å². The third-order valence-electron chi connectivity index (χ3n) is 7.52. The predicted molar refractivity (Wildman–Crippen MR) is 138 cm³/mol. The average molecular weight is 491 g/mol. The van der Waals surface area contributed by atoms with Crippen molar-refractivity contribution in [1.82, 2.24) is 15.5 Å². The van der Waals surface area contributed by atoms with Gasteiger partial charge >= 0.3 is 12.2 Å². The van der Waals surface area contributed by atoms with Gasteiger partial charge in [-0.1, -0.05) is 13.8 Å². The molecule has 4 rings (SSSR count). The Labute approximate surface area is 211 Å². The van der Waals surface area contributed by atoms with Gasteiger partial charge in [0, 0.05) is 41.5 Å². The van der Waals surface area contributed by atoms with Gasteiger partial charge in [0.1, 0.15) is 11.2 Å². The van der Waals surface area contributed by atoms with E-state index in [0.717, 1.165) is 50.6 Å². The fourth-order valence-corrected chi connectivity index (χ4v) is 5.53. The van der Waals surface area contributed by atoms with E-state index in [1.165, 1.54) is 0 Å². The molecule has 0 radical (unpaired) electrons. The molecule has 2 amide bonds. The van der Waals surface area contributed by atoms with Crippen LogP contribution >= 0.6 is 0 Å². The van der Waals surface area contributed by atoms with Gasteiger partial charge in [0.05, 0.1) is 6.54 Å². The minimum absolute atomic E-state index is 0.147. The number of hydrogen-bond donors (Lipinski definition) is 3. The summed E-state index contributed by atoms with van der Waals surface area (Å²) in [6.07, 6.45) is 7.30. The molecule has 1 saturated heterocycles. The molecule has 1 aliphatic heterocycles. The molecule has 0 atom stereocenters. The summed E-state index contributed by atoms with van der Waals surface area (Å²) >= 11 is 0. The summed E-state index contributed by atoms with van der Waals surface area (Å²) in [5.41, 5.74) is -0.0400. The van der Waals surface area contributed by atoms with Crippen molar-refractivity contribution in [2.45, 2.75) is 111 Å². The molecule has 0 aromatic carbocycles. The molecule has 0 unspecified atom stereocenters. The lowest BCUT2D eigenvalue weighted by atomic mass is 9.57. The number of likely N-dealkylation sites (tertiary alicyclic amines) is 1. The second kappa shape index (κ2) is 9.32. The molecule has 4 aliphatic rings. The minimum atomic E-state index is -0.553. The molecule has 8 nitrogen and oxygen atoms in total. The molecular formula is C27H46N4O4. The highest BCUT2D eigenvalue weighted by molar-refractivity contribution is 6.03. The van der Waals surface area contributed by atoms with Gasteiger partial charge in [-0.3, -0.25) is 0 Å². The van der Waals surface area contributed by atoms with Crippen molar-refractivity contribution < 1.29 is 19.1 Å². The van der Waals surface area contributed by atoms with Gasteiger partial charge in [-0.2, -0.15) is 0 Å². The topological polar surface area (TPSA) is 104 Å². The molecule has 0 aromatic rings. The lowest BCUT2D eigenvalue weighted by Gasteiger charge is -2.53. The van der Waals surface area contributed by atoms with Crippen molar-refractivity contribution in [3.05, 3.63) is 11.8 Å². The fraction of sp³-hybridized carbons (Fsp3) is 0.815. The summed E-state index contributed by atoms with van der Waals surface area (Å²) in [6, 6.07) is 0. The normalized spacial score (nSPS) is 29.7. The Morgan fingerprint density at radius 1 is 0.971 bits per heavy atom. The maximum absolute atomic E-state index is 12.7. The van der Waals surface area contributed by atoms with Crippen molar-refractivity contribution in [1.29, 1.82) is 5.41 Å². The van der Waals surface area contributed by atoms with Crippen LogP contribution in [0.1, 0.15) is 93.9 Å². The SMILES string of the molecule is CC(C)(C)OC(=O)NC12CCC(CN/C=C3/CN(C(=O)OC(C)(C)C)CC(C)(C)C3=N)(CC1)CC2. The fourth-order valence-electron chi connectivity index (χ4n) is 5.53. The highest BCUT2D eigenvalue weighted by Crippen LogP contribution is 2.52. The third-order valence-corrected chi connectivity index (χ3v) is 7.52. The zero-order chi connectivity index (χ0) is 26.3. The molecule has 4 fully saturated rings. The molecule has 3 aliphatic carbocycles. The summed E-state index contributed by atoms with van der Waals surface area (Å²) in [6.45, 7) is 16.9. The Balaban J connectivity index is 1.58. The number of ether oxygens (including phenoxy) is 2. The van der Waals surface area contributed by atoms with E-state index >= 15 is 0 Å². The van der Waals surface area contributed by atoms with Gasteiger partial charge in [0.2, 0.25) is 0 Å². The smallest absolute Gasteiger partial charge is 0.410 e. The van der Waals surface area contributed by atoms with Crippen LogP contribution in [-0.4, -0.2) is 59.2 Å². The summed E-state index contributed by atoms with van der Waals surface area (Å²) in [5.74, 6) is 0. The maximum Gasteiger partial charge on any atom is 0.410 e. The van der Waals surface area contributed by atoms with Crippen LogP contribution in [0.4, 0.5) is 9.59 Å². The van der Waals surface area contributed by atoms with Crippen LogP contribution in [0.25, 0.3) is 0 Å². The number of carbonyl (C=O) groups excluding carboxylic acids is 2. The number of hydrogen-bond acceptors (Lipinski definition) is 6. The van der Waals surface area contributed by atoms with Crippen LogP contribution in [-0.2, 0) is 9.47 Å². The van der Waals surface area contributed by atoms with E-state index in [0.29, 0.717) is 18.8 Å². The number of piperidine rings is 1. The van der Waals surface area contributed by atoms with Crippen molar-refractivity contribution in [3.63, 3.8) is 0 Å². The van der Waals surface area contributed by atoms with Gasteiger partial charge in [-0.15, -0.1) is 0 Å². The number of amides is 2. The summed E-state index contributed by atoms with van der Waals surface area (Å²) in [4.78, 5) is 26.8. The zero-order valence-corrected chi connectivity index (χ0v) is 23.0. The van der Waals surface area contributed by atoms with Crippen LogP contribution < -0.4 is 10.6 Å². The molecule has 2 bridgehead atoms. The summed E-state index contributed by atoms with van der Waals surface area (Å²) < 4.78 is 11.1. The summed E-state index contributed by atoms with van der Waals surface area (Å²) in [7, 11) is 0. The molecule has 0 aromatic heterocycles. The van der Waals surface area contributed by atoms with E-state index in [1.807, 2.05) is 61.6 Å². The number of nitrogens with one attached hydrogen (secondary N) is 3. The quantitative estimate of drug-likeness (QED) is 0.491. The number of fused-ring (bicyclic) bond motifs is 3. The molecule has 35 heavy (non-hydrogen) atoms. The van der Waals surface area contributed by atoms with E-state index in [-0.39, 0.29) is 23.1 Å².